The van der Waals surface area contributed by atoms with Gasteiger partial charge in [0.1, 0.15) is 0 Å². The first-order chi connectivity index (χ1) is 11.3. The summed E-state index contributed by atoms with van der Waals surface area (Å²) in [6.07, 6.45) is 0. The van der Waals surface area contributed by atoms with Crippen LogP contribution in [0.15, 0.2) is 42.5 Å². The van der Waals surface area contributed by atoms with Crippen molar-refractivity contribution in [2.45, 2.75) is 26.1 Å². The zero-order chi connectivity index (χ0) is 17.7. The summed E-state index contributed by atoms with van der Waals surface area (Å²) in [5, 5.41) is 2.87. The summed E-state index contributed by atoms with van der Waals surface area (Å²) < 4.78 is 25.8. The van der Waals surface area contributed by atoms with Crippen LogP contribution in [0.5, 0.6) is 0 Å². The van der Waals surface area contributed by atoms with E-state index in [0.29, 0.717) is 11.1 Å². The van der Waals surface area contributed by atoms with Gasteiger partial charge in [-0.15, -0.1) is 0 Å². The fourth-order valence-electron chi connectivity index (χ4n) is 2.49. The predicted octanol–water partition coefficient (Wildman–Crippen LogP) is 2.28. The molecule has 0 atom stereocenters. The molecular weight excluding hydrogens is 324 g/mol. The highest BCUT2D eigenvalue weighted by molar-refractivity contribution is 7.88. The highest BCUT2D eigenvalue weighted by atomic mass is 32.2. The van der Waals surface area contributed by atoms with Crippen LogP contribution in [0, 0.1) is 13.8 Å². The molecule has 2 rings (SSSR count). The van der Waals surface area contributed by atoms with Gasteiger partial charge in [-0.25, -0.2) is 13.1 Å². The van der Waals surface area contributed by atoms with Crippen molar-refractivity contribution < 1.29 is 13.2 Å². The van der Waals surface area contributed by atoms with Gasteiger partial charge in [0.15, 0.2) is 0 Å². The molecule has 0 spiro atoms. The molecule has 0 aromatic heterocycles. The first kappa shape index (κ1) is 18.2. The van der Waals surface area contributed by atoms with Crippen molar-refractivity contribution in [2.24, 2.45) is 0 Å². The Kier molecular flexibility index (Phi) is 5.75. The van der Waals surface area contributed by atoms with E-state index in [2.05, 4.69) is 10.0 Å². The Hall–Kier alpha value is -2.18. The Morgan fingerprint density at radius 1 is 1.04 bits per heavy atom. The van der Waals surface area contributed by atoms with Gasteiger partial charge in [0.05, 0.1) is 5.75 Å². The largest absolute Gasteiger partial charge is 0.348 e. The van der Waals surface area contributed by atoms with Crippen molar-refractivity contribution in [2.75, 3.05) is 7.05 Å². The third-order valence-electron chi connectivity index (χ3n) is 3.84. The lowest BCUT2D eigenvalue weighted by Crippen LogP contribution is -2.25. The number of benzene rings is 2. The number of hydrogen-bond acceptors (Lipinski definition) is 3. The molecule has 5 nitrogen and oxygen atoms in total. The van der Waals surface area contributed by atoms with Crippen LogP contribution in [0.3, 0.4) is 0 Å². The first-order valence-electron chi connectivity index (χ1n) is 7.66. The second kappa shape index (κ2) is 7.59. The summed E-state index contributed by atoms with van der Waals surface area (Å²) in [6, 6.07) is 12.9. The number of sulfonamides is 1. The Labute approximate surface area is 143 Å². The van der Waals surface area contributed by atoms with Crippen molar-refractivity contribution >= 4 is 15.9 Å². The lowest BCUT2D eigenvalue weighted by Gasteiger charge is -2.12. The summed E-state index contributed by atoms with van der Waals surface area (Å²) >= 11 is 0. The Morgan fingerprint density at radius 2 is 1.71 bits per heavy atom. The SMILES string of the molecule is CNS(=O)(=O)Cc1ccccc1CNC(=O)c1ccc(C)cc1C. The average molecular weight is 346 g/mol. The van der Waals surface area contributed by atoms with Crippen LogP contribution >= 0.6 is 0 Å². The number of hydrogen-bond donors (Lipinski definition) is 2. The zero-order valence-corrected chi connectivity index (χ0v) is 14.9. The molecule has 24 heavy (non-hydrogen) atoms. The number of carbonyl (C=O) groups is 1. The maximum Gasteiger partial charge on any atom is 0.251 e. The first-order valence-corrected chi connectivity index (χ1v) is 9.31. The normalized spacial score (nSPS) is 11.3. The maximum atomic E-state index is 12.4. The molecule has 1 amide bonds. The third-order valence-corrected chi connectivity index (χ3v) is 5.15. The lowest BCUT2D eigenvalue weighted by molar-refractivity contribution is 0.0950. The topological polar surface area (TPSA) is 75.3 Å². The fourth-order valence-corrected chi connectivity index (χ4v) is 3.32. The van der Waals surface area contributed by atoms with E-state index in [4.69, 9.17) is 0 Å². The van der Waals surface area contributed by atoms with Crippen LogP contribution in [0.25, 0.3) is 0 Å². The monoisotopic (exact) mass is 346 g/mol. The number of rotatable bonds is 6. The molecule has 2 aromatic rings. The molecule has 0 aliphatic heterocycles. The molecule has 0 unspecified atom stereocenters. The number of aryl methyl sites for hydroxylation is 2. The molecule has 128 valence electrons. The van der Waals surface area contributed by atoms with Crippen molar-refractivity contribution in [3.63, 3.8) is 0 Å². The van der Waals surface area contributed by atoms with E-state index < -0.39 is 10.0 Å². The number of amides is 1. The fraction of sp³-hybridized carbons (Fsp3) is 0.278. The van der Waals surface area contributed by atoms with Crippen LogP contribution in [0.4, 0.5) is 0 Å². The molecular formula is C18H22N2O3S. The molecule has 0 aliphatic rings. The summed E-state index contributed by atoms with van der Waals surface area (Å²) in [6.45, 7) is 4.16. The second-order valence-corrected chi connectivity index (χ2v) is 7.66. The molecule has 0 saturated heterocycles. The van der Waals surface area contributed by atoms with Gasteiger partial charge in [0, 0.05) is 12.1 Å². The number of carbonyl (C=O) groups excluding carboxylic acids is 1. The molecule has 0 saturated carbocycles. The van der Waals surface area contributed by atoms with Crippen LogP contribution in [-0.2, 0) is 22.3 Å². The molecule has 6 heteroatoms. The molecule has 0 bridgehead atoms. The second-order valence-electron chi connectivity index (χ2n) is 5.73. The lowest BCUT2D eigenvalue weighted by atomic mass is 10.0. The average Bonchev–Trinajstić information content (AvgIpc) is 2.53. The van der Waals surface area contributed by atoms with E-state index >= 15 is 0 Å². The van der Waals surface area contributed by atoms with Gasteiger partial charge in [-0.2, -0.15) is 0 Å². The Bertz CT molecular complexity index is 845. The van der Waals surface area contributed by atoms with Crippen LogP contribution < -0.4 is 10.0 Å². The minimum absolute atomic E-state index is 0.112. The van der Waals surface area contributed by atoms with Gasteiger partial charge in [0.2, 0.25) is 10.0 Å². The predicted molar refractivity (Wildman–Crippen MR) is 95.2 cm³/mol. The molecule has 0 fully saturated rings. The van der Waals surface area contributed by atoms with Crippen molar-refractivity contribution in [3.8, 4) is 0 Å². The van der Waals surface area contributed by atoms with Crippen LogP contribution in [0.2, 0.25) is 0 Å². The van der Waals surface area contributed by atoms with Gasteiger partial charge >= 0.3 is 0 Å². The van der Waals surface area contributed by atoms with Crippen molar-refractivity contribution in [1.82, 2.24) is 10.0 Å². The maximum absolute atomic E-state index is 12.4. The Balaban J connectivity index is 2.13. The van der Waals surface area contributed by atoms with Gasteiger partial charge in [-0.3, -0.25) is 4.79 Å². The Morgan fingerprint density at radius 3 is 2.33 bits per heavy atom. The molecule has 2 N–H and O–H groups in total. The standard InChI is InChI=1S/C18H22N2O3S/c1-13-8-9-17(14(2)10-13)18(21)20-11-15-6-4-5-7-16(15)12-24(22,23)19-3/h4-10,19H,11-12H2,1-3H3,(H,20,21). The van der Waals surface area contributed by atoms with E-state index in [1.165, 1.54) is 7.05 Å². The van der Waals surface area contributed by atoms with Gasteiger partial charge in [-0.05, 0) is 43.7 Å². The summed E-state index contributed by atoms with van der Waals surface area (Å²) in [5.74, 6) is -0.280. The smallest absolute Gasteiger partial charge is 0.251 e. The van der Waals surface area contributed by atoms with Crippen molar-refractivity contribution in [3.05, 3.63) is 70.3 Å². The number of nitrogens with one attached hydrogen (secondary N) is 2. The third kappa shape index (κ3) is 4.66. The quantitative estimate of drug-likeness (QED) is 0.843. The van der Waals surface area contributed by atoms with E-state index in [9.17, 15) is 13.2 Å². The van der Waals surface area contributed by atoms with E-state index in [1.807, 2.05) is 38.1 Å². The zero-order valence-electron chi connectivity index (χ0n) is 14.1. The summed E-state index contributed by atoms with van der Waals surface area (Å²) in [5.41, 5.74) is 4.10. The van der Waals surface area contributed by atoms with Gasteiger partial charge < -0.3 is 5.32 Å². The molecule has 0 radical (unpaired) electrons. The van der Waals surface area contributed by atoms with Gasteiger partial charge in [0.25, 0.3) is 5.91 Å². The molecule has 0 heterocycles. The van der Waals surface area contributed by atoms with Crippen molar-refractivity contribution in [1.29, 1.82) is 0 Å². The molecule has 2 aromatic carbocycles. The highest BCUT2D eigenvalue weighted by Crippen LogP contribution is 2.14. The molecule has 0 aliphatic carbocycles. The summed E-state index contributed by atoms with van der Waals surface area (Å²) in [4.78, 5) is 12.4. The van der Waals surface area contributed by atoms with E-state index in [-0.39, 0.29) is 18.2 Å². The minimum atomic E-state index is -3.36. The van der Waals surface area contributed by atoms with E-state index in [1.54, 1.807) is 18.2 Å². The van der Waals surface area contributed by atoms with Crippen LogP contribution in [0.1, 0.15) is 32.6 Å². The van der Waals surface area contributed by atoms with Gasteiger partial charge in [-0.1, -0.05) is 42.0 Å². The highest BCUT2D eigenvalue weighted by Gasteiger charge is 2.13. The minimum Gasteiger partial charge on any atom is -0.348 e. The summed E-state index contributed by atoms with van der Waals surface area (Å²) in [7, 11) is -1.97. The van der Waals surface area contributed by atoms with E-state index in [0.717, 1.165) is 16.7 Å². The van der Waals surface area contributed by atoms with Crippen LogP contribution in [-0.4, -0.2) is 21.4 Å².